The molecule has 1 heterocycles. The summed E-state index contributed by atoms with van der Waals surface area (Å²) in [7, 11) is 3.00. The number of nitrogens with zero attached hydrogens (tertiary/aromatic N) is 2. The monoisotopic (exact) mass is 166 g/mol. The van der Waals surface area contributed by atoms with E-state index in [1.165, 1.54) is 11.0 Å². The fourth-order valence-electron chi connectivity index (χ4n) is 0.303. The van der Waals surface area contributed by atoms with E-state index >= 15 is 0 Å². The van der Waals surface area contributed by atoms with Crippen LogP contribution in [0.4, 0.5) is 0 Å². The summed E-state index contributed by atoms with van der Waals surface area (Å²) >= 11 is 4.26. The van der Waals surface area contributed by atoms with Crippen LogP contribution in [0.1, 0.15) is 13.3 Å². The highest BCUT2D eigenvalue weighted by molar-refractivity contribution is 8.78. The number of hydrogen-bond acceptors (Lipinski definition) is 5. The van der Waals surface area contributed by atoms with E-state index in [0.717, 1.165) is 6.42 Å². The van der Waals surface area contributed by atoms with E-state index in [9.17, 15) is 0 Å². The molecule has 0 radical (unpaired) electrons. The molecule has 0 saturated carbocycles. The van der Waals surface area contributed by atoms with Crippen molar-refractivity contribution in [3.8, 4) is 0 Å². The van der Waals surface area contributed by atoms with Crippen LogP contribution >= 0.6 is 34.4 Å². The van der Waals surface area contributed by atoms with Crippen LogP contribution in [0.25, 0.3) is 0 Å². The zero-order chi connectivity index (χ0) is 6.04. The van der Waals surface area contributed by atoms with E-state index in [1.54, 1.807) is 10.8 Å². The molecule has 0 aliphatic carbocycles. The van der Waals surface area contributed by atoms with Gasteiger partial charge in [0.25, 0.3) is 0 Å². The molecule has 0 aromatic carbocycles. The molecular formula is C3H6N2S3. The molecule has 2 nitrogen and oxygen atoms in total. The lowest BCUT2D eigenvalue weighted by atomic mass is 10.5. The van der Waals surface area contributed by atoms with E-state index in [0.29, 0.717) is 0 Å². The maximum atomic E-state index is 4.26. The van der Waals surface area contributed by atoms with Crippen LogP contribution in [0.2, 0.25) is 0 Å². The summed E-state index contributed by atoms with van der Waals surface area (Å²) < 4.78 is 3.50. The third-order valence-electron chi connectivity index (χ3n) is 0.862. The molecule has 0 fully saturated rings. The number of hydrogen-bond donors (Lipinski definition) is 1. The van der Waals surface area contributed by atoms with Gasteiger partial charge in [0.1, 0.15) is 0 Å². The zero-order valence-electron chi connectivity index (χ0n) is 4.37. The minimum Gasteiger partial charge on any atom is -0.151 e. The highest BCUT2D eigenvalue weighted by Gasteiger charge is 2.28. The lowest BCUT2D eigenvalue weighted by Gasteiger charge is -2.09. The maximum absolute atomic E-state index is 4.26. The molecule has 1 rings (SSSR count). The van der Waals surface area contributed by atoms with Crippen LogP contribution in [-0.2, 0) is 0 Å². The van der Waals surface area contributed by atoms with Crippen molar-refractivity contribution in [2.24, 2.45) is 9.63 Å². The van der Waals surface area contributed by atoms with Gasteiger partial charge in [0.15, 0.2) is 4.20 Å². The molecule has 46 valence electrons. The smallest absolute Gasteiger partial charge is 0.151 e. The molecule has 1 aliphatic rings. The third-order valence-corrected chi connectivity index (χ3v) is 4.02. The number of rotatable bonds is 1. The Morgan fingerprint density at radius 3 is 2.75 bits per heavy atom. The molecular weight excluding hydrogens is 160 g/mol. The summed E-state index contributed by atoms with van der Waals surface area (Å²) in [5, 5.41) is 3.90. The van der Waals surface area contributed by atoms with Gasteiger partial charge in [-0.3, -0.25) is 0 Å². The Labute approximate surface area is 61.8 Å². The Morgan fingerprint density at radius 2 is 2.50 bits per heavy atom. The predicted molar refractivity (Wildman–Crippen MR) is 42.0 cm³/mol. The lowest BCUT2D eigenvalue weighted by molar-refractivity contribution is 0.793. The van der Waals surface area contributed by atoms with Gasteiger partial charge in [-0.1, -0.05) is 6.92 Å². The Kier molecular flexibility index (Phi) is 2.11. The first-order valence-electron chi connectivity index (χ1n) is 2.26. The van der Waals surface area contributed by atoms with E-state index in [1.807, 2.05) is 6.92 Å². The second-order valence-corrected chi connectivity index (χ2v) is 4.58. The zero-order valence-corrected chi connectivity index (χ0v) is 6.89. The average Bonchev–Trinajstić information content (AvgIpc) is 2.17. The summed E-state index contributed by atoms with van der Waals surface area (Å²) in [4.78, 5) is 0. The van der Waals surface area contributed by atoms with Crippen LogP contribution in [0.3, 0.4) is 0 Å². The van der Waals surface area contributed by atoms with Crippen molar-refractivity contribution in [3.63, 3.8) is 0 Å². The first-order chi connectivity index (χ1) is 3.77. The van der Waals surface area contributed by atoms with Crippen molar-refractivity contribution < 1.29 is 0 Å². The molecule has 0 bridgehead atoms. The fourth-order valence-corrected chi connectivity index (χ4v) is 2.29. The normalized spacial score (nSPS) is 36.2. The quantitative estimate of drug-likeness (QED) is 0.368. The number of thiol groups is 1. The highest BCUT2D eigenvalue weighted by Crippen LogP contribution is 2.49. The van der Waals surface area contributed by atoms with Gasteiger partial charge in [0, 0.05) is 0 Å². The van der Waals surface area contributed by atoms with Gasteiger partial charge in [-0.2, -0.15) is 5.11 Å². The van der Waals surface area contributed by atoms with Gasteiger partial charge >= 0.3 is 0 Å². The van der Waals surface area contributed by atoms with Crippen LogP contribution in [0, 0.1) is 0 Å². The van der Waals surface area contributed by atoms with Crippen LogP contribution in [0.5, 0.6) is 0 Å². The van der Waals surface area contributed by atoms with Crippen molar-refractivity contribution in [1.82, 2.24) is 0 Å². The Balaban J connectivity index is 2.54. The molecule has 0 saturated heterocycles. The van der Waals surface area contributed by atoms with Crippen molar-refractivity contribution >= 4 is 34.4 Å². The molecule has 1 aliphatic heterocycles. The summed E-state index contributed by atoms with van der Waals surface area (Å²) in [6.07, 6.45) is 0.928. The standard InChI is InChI=1S/C3H6N2S3/c1-2-3(6)4-5-8-7-3/h6H,2H2,1H3. The molecule has 8 heavy (non-hydrogen) atoms. The molecule has 1 atom stereocenters. The van der Waals surface area contributed by atoms with Crippen molar-refractivity contribution in [1.29, 1.82) is 0 Å². The van der Waals surface area contributed by atoms with Crippen LogP contribution in [0.15, 0.2) is 9.63 Å². The van der Waals surface area contributed by atoms with Gasteiger partial charge in [0.2, 0.25) is 0 Å². The summed E-state index contributed by atoms with van der Waals surface area (Å²) in [5.41, 5.74) is 0. The minimum absolute atomic E-state index is 0.231. The molecule has 0 N–H and O–H groups in total. The van der Waals surface area contributed by atoms with Crippen LogP contribution < -0.4 is 0 Å². The average molecular weight is 166 g/mol. The van der Waals surface area contributed by atoms with Gasteiger partial charge in [-0.25, -0.2) is 0 Å². The Hall–Kier alpha value is 0.650. The van der Waals surface area contributed by atoms with Crippen molar-refractivity contribution in [3.05, 3.63) is 0 Å². The van der Waals surface area contributed by atoms with Gasteiger partial charge < -0.3 is 0 Å². The van der Waals surface area contributed by atoms with Crippen molar-refractivity contribution in [2.45, 2.75) is 17.5 Å². The first-order valence-corrected chi connectivity index (χ1v) is 4.82. The van der Waals surface area contributed by atoms with E-state index in [2.05, 4.69) is 22.3 Å². The fraction of sp³-hybridized carbons (Fsp3) is 1.00. The van der Waals surface area contributed by atoms with Gasteiger partial charge in [-0.05, 0) is 17.2 Å². The maximum Gasteiger partial charge on any atom is 0.182 e. The second-order valence-electron chi connectivity index (χ2n) is 1.44. The lowest BCUT2D eigenvalue weighted by Crippen LogP contribution is -2.05. The molecule has 0 spiro atoms. The van der Waals surface area contributed by atoms with Crippen LogP contribution in [-0.4, -0.2) is 4.20 Å². The third kappa shape index (κ3) is 1.33. The molecule has 0 amide bonds. The molecule has 5 heteroatoms. The second kappa shape index (κ2) is 2.49. The topological polar surface area (TPSA) is 24.7 Å². The summed E-state index contributed by atoms with van der Waals surface area (Å²) in [6, 6.07) is 0. The van der Waals surface area contributed by atoms with Crippen molar-refractivity contribution in [2.75, 3.05) is 0 Å². The largest absolute Gasteiger partial charge is 0.182 e. The summed E-state index contributed by atoms with van der Waals surface area (Å²) in [5.74, 6) is 0. The minimum atomic E-state index is -0.231. The Morgan fingerprint density at radius 1 is 1.75 bits per heavy atom. The van der Waals surface area contributed by atoms with E-state index in [-0.39, 0.29) is 4.20 Å². The Bertz CT molecular complexity index is 115. The SMILES string of the molecule is CCC1(S)N=NSS1. The van der Waals surface area contributed by atoms with E-state index in [4.69, 9.17) is 0 Å². The van der Waals surface area contributed by atoms with E-state index < -0.39 is 0 Å². The highest BCUT2D eigenvalue weighted by atomic mass is 33.1. The van der Waals surface area contributed by atoms with Gasteiger partial charge in [-0.15, -0.1) is 17.1 Å². The molecule has 0 aromatic rings. The first kappa shape index (κ1) is 6.77. The summed E-state index contributed by atoms with van der Waals surface area (Å²) in [6.45, 7) is 2.05. The molecule has 1 unspecified atom stereocenters. The molecule has 0 aromatic heterocycles. The van der Waals surface area contributed by atoms with Gasteiger partial charge in [0.05, 0.1) is 11.0 Å². The predicted octanol–water partition coefficient (Wildman–Crippen LogP) is 2.74.